The van der Waals surface area contributed by atoms with E-state index >= 15 is 0 Å². The lowest BCUT2D eigenvalue weighted by Crippen LogP contribution is -2.40. The zero-order valence-corrected chi connectivity index (χ0v) is 20.1. The van der Waals surface area contributed by atoms with Gasteiger partial charge in [0.1, 0.15) is 5.75 Å². The van der Waals surface area contributed by atoms with Crippen molar-refractivity contribution in [1.82, 2.24) is 10.6 Å². The smallest absolute Gasteiger partial charge is 0.190 e. The van der Waals surface area contributed by atoms with Gasteiger partial charge in [-0.3, -0.25) is 4.99 Å². The fraction of sp³-hybridized carbons (Fsp3) is 0.667. The molecule has 160 valence electrons. The zero-order chi connectivity index (χ0) is 19.5. The highest BCUT2D eigenvalue weighted by Gasteiger charge is 2.23. The number of halogens is 1. The van der Waals surface area contributed by atoms with Gasteiger partial charge in [-0.2, -0.15) is 0 Å². The number of methoxy groups -OCH3 is 1. The van der Waals surface area contributed by atoms with Crippen molar-refractivity contribution in [2.75, 3.05) is 58.5 Å². The first-order chi connectivity index (χ1) is 13.1. The van der Waals surface area contributed by atoms with Crippen LogP contribution in [0.1, 0.15) is 26.7 Å². The average Bonchev–Trinajstić information content (AvgIpc) is 3.15. The summed E-state index contributed by atoms with van der Waals surface area (Å²) in [6, 6.07) is 8.30. The molecule has 0 bridgehead atoms. The fourth-order valence-corrected chi connectivity index (χ4v) is 3.20. The second-order valence-electron chi connectivity index (χ2n) is 7.50. The highest BCUT2D eigenvalue weighted by Crippen LogP contribution is 2.26. The molecule has 0 spiro atoms. The molecule has 1 aromatic rings. The lowest BCUT2D eigenvalue weighted by Gasteiger charge is -2.20. The highest BCUT2D eigenvalue weighted by molar-refractivity contribution is 14.0. The van der Waals surface area contributed by atoms with Gasteiger partial charge in [-0.25, -0.2) is 0 Å². The lowest BCUT2D eigenvalue weighted by atomic mass is 10.1. The number of hydrogen-bond acceptors (Lipinski definition) is 4. The van der Waals surface area contributed by atoms with Gasteiger partial charge in [0.15, 0.2) is 5.96 Å². The van der Waals surface area contributed by atoms with Gasteiger partial charge in [-0.1, -0.05) is 19.9 Å². The quantitative estimate of drug-likeness (QED) is 0.222. The SMILES string of the molecule is CN=C(NCCCOCC(C)C)NCC1CCN(c2cccc(OC)c2)C1.I. The van der Waals surface area contributed by atoms with E-state index in [9.17, 15) is 0 Å². The molecule has 0 aliphatic carbocycles. The third-order valence-electron chi connectivity index (χ3n) is 4.70. The molecular weight excluding hydrogens is 467 g/mol. The Morgan fingerprint density at radius 1 is 1.32 bits per heavy atom. The van der Waals surface area contributed by atoms with Gasteiger partial charge in [0.05, 0.1) is 7.11 Å². The number of benzene rings is 1. The van der Waals surface area contributed by atoms with Crippen molar-refractivity contribution in [3.05, 3.63) is 24.3 Å². The maximum atomic E-state index is 5.61. The van der Waals surface area contributed by atoms with Crippen LogP contribution in [0.15, 0.2) is 29.3 Å². The predicted molar refractivity (Wildman–Crippen MR) is 128 cm³/mol. The average molecular weight is 504 g/mol. The summed E-state index contributed by atoms with van der Waals surface area (Å²) in [7, 11) is 3.53. The number of nitrogens with zero attached hydrogens (tertiary/aromatic N) is 2. The highest BCUT2D eigenvalue weighted by atomic mass is 127. The van der Waals surface area contributed by atoms with Crippen molar-refractivity contribution < 1.29 is 9.47 Å². The molecule has 1 fully saturated rings. The van der Waals surface area contributed by atoms with Gasteiger partial charge >= 0.3 is 0 Å². The molecule has 1 heterocycles. The Balaban J connectivity index is 0.00000392. The molecule has 2 rings (SSSR count). The second kappa shape index (κ2) is 13.9. The van der Waals surface area contributed by atoms with Gasteiger partial charge in [-0.15, -0.1) is 24.0 Å². The zero-order valence-electron chi connectivity index (χ0n) is 17.7. The van der Waals surface area contributed by atoms with E-state index in [0.29, 0.717) is 11.8 Å². The fourth-order valence-electron chi connectivity index (χ4n) is 3.20. The van der Waals surface area contributed by atoms with Crippen LogP contribution in [0, 0.1) is 11.8 Å². The van der Waals surface area contributed by atoms with Gasteiger partial charge in [0.2, 0.25) is 0 Å². The van der Waals surface area contributed by atoms with E-state index in [2.05, 4.69) is 52.6 Å². The molecule has 1 aliphatic heterocycles. The first-order valence-corrected chi connectivity index (χ1v) is 10.0. The van der Waals surface area contributed by atoms with E-state index in [1.165, 1.54) is 12.1 Å². The van der Waals surface area contributed by atoms with Crippen molar-refractivity contribution >= 4 is 35.6 Å². The summed E-state index contributed by atoms with van der Waals surface area (Å²) < 4.78 is 10.9. The predicted octanol–water partition coefficient (Wildman–Crippen LogP) is 3.37. The molecule has 0 aromatic heterocycles. The topological polar surface area (TPSA) is 58.1 Å². The van der Waals surface area contributed by atoms with Gasteiger partial charge in [0.25, 0.3) is 0 Å². The van der Waals surface area contributed by atoms with Crippen LogP contribution < -0.4 is 20.3 Å². The number of aliphatic imine (C=N–C) groups is 1. The molecule has 28 heavy (non-hydrogen) atoms. The van der Waals surface area contributed by atoms with Crippen molar-refractivity contribution in [2.24, 2.45) is 16.8 Å². The minimum absolute atomic E-state index is 0. The molecule has 0 saturated carbocycles. The Kier molecular flexibility index (Phi) is 12.3. The van der Waals surface area contributed by atoms with Gasteiger partial charge < -0.3 is 25.0 Å². The normalized spacial score (nSPS) is 16.8. The number of anilines is 1. The molecule has 0 radical (unpaired) electrons. The van der Waals surface area contributed by atoms with Crippen molar-refractivity contribution in [3.63, 3.8) is 0 Å². The number of hydrogen-bond donors (Lipinski definition) is 2. The maximum absolute atomic E-state index is 5.61. The first kappa shape index (κ1) is 24.8. The van der Waals surface area contributed by atoms with Crippen LogP contribution in [0.2, 0.25) is 0 Å². The van der Waals surface area contributed by atoms with Crippen LogP contribution in [0.25, 0.3) is 0 Å². The number of ether oxygens (including phenoxy) is 2. The molecule has 1 unspecified atom stereocenters. The Morgan fingerprint density at radius 3 is 2.86 bits per heavy atom. The van der Waals surface area contributed by atoms with Crippen LogP contribution in [-0.2, 0) is 4.74 Å². The Labute approximate surface area is 187 Å². The van der Waals surface area contributed by atoms with E-state index in [0.717, 1.165) is 57.5 Å². The van der Waals surface area contributed by atoms with Crippen molar-refractivity contribution in [3.8, 4) is 5.75 Å². The molecule has 1 aliphatic rings. The van der Waals surface area contributed by atoms with Crippen LogP contribution in [0.3, 0.4) is 0 Å². The molecule has 6 nitrogen and oxygen atoms in total. The van der Waals surface area contributed by atoms with E-state index in [1.807, 2.05) is 13.1 Å². The van der Waals surface area contributed by atoms with E-state index in [1.54, 1.807) is 7.11 Å². The number of guanidine groups is 1. The lowest BCUT2D eigenvalue weighted by molar-refractivity contribution is 0.108. The Hall–Kier alpha value is -1.22. The Morgan fingerprint density at radius 2 is 2.14 bits per heavy atom. The third-order valence-corrected chi connectivity index (χ3v) is 4.70. The van der Waals surface area contributed by atoms with Crippen LogP contribution in [0.4, 0.5) is 5.69 Å². The van der Waals surface area contributed by atoms with Crippen molar-refractivity contribution in [1.29, 1.82) is 0 Å². The molecule has 1 aromatic carbocycles. The molecule has 2 N–H and O–H groups in total. The molecule has 1 atom stereocenters. The minimum atomic E-state index is 0. The van der Waals surface area contributed by atoms with Gasteiger partial charge in [-0.05, 0) is 36.8 Å². The number of rotatable bonds is 10. The third kappa shape index (κ3) is 8.86. The minimum Gasteiger partial charge on any atom is -0.497 e. The molecule has 1 saturated heterocycles. The van der Waals surface area contributed by atoms with Crippen molar-refractivity contribution in [2.45, 2.75) is 26.7 Å². The van der Waals surface area contributed by atoms with Gasteiger partial charge in [0, 0.05) is 58.2 Å². The molecule has 7 heteroatoms. The van der Waals surface area contributed by atoms with E-state index < -0.39 is 0 Å². The van der Waals surface area contributed by atoms with Crippen LogP contribution >= 0.6 is 24.0 Å². The Bertz CT molecular complexity index is 583. The van der Waals surface area contributed by atoms with E-state index in [4.69, 9.17) is 9.47 Å². The summed E-state index contributed by atoms with van der Waals surface area (Å²) in [4.78, 5) is 6.75. The summed E-state index contributed by atoms with van der Waals surface area (Å²) in [6.07, 6.45) is 2.17. The summed E-state index contributed by atoms with van der Waals surface area (Å²) in [5, 5.41) is 6.83. The standard InChI is InChI=1S/C21H36N4O2.HI/c1-17(2)16-27-12-6-10-23-21(22-3)24-14-18-9-11-25(15-18)19-7-5-8-20(13-19)26-4;/h5,7-8,13,17-18H,6,9-12,14-16H2,1-4H3,(H2,22,23,24);1H. The molecular formula is C21H37IN4O2. The maximum Gasteiger partial charge on any atom is 0.190 e. The summed E-state index contributed by atoms with van der Waals surface area (Å²) in [5.41, 5.74) is 1.24. The second-order valence-corrected chi connectivity index (χ2v) is 7.50. The molecule has 0 amide bonds. The number of nitrogens with one attached hydrogen (secondary N) is 2. The largest absolute Gasteiger partial charge is 0.497 e. The monoisotopic (exact) mass is 504 g/mol. The van der Waals surface area contributed by atoms with Crippen LogP contribution in [-0.4, -0.2) is 59.5 Å². The summed E-state index contributed by atoms with van der Waals surface area (Å²) in [5.74, 6) is 2.99. The summed E-state index contributed by atoms with van der Waals surface area (Å²) in [6.45, 7) is 9.91. The first-order valence-electron chi connectivity index (χ1n) is 10.0. The van der Waals surface area contributed by atoms with Crippen LogP contribution in [0.5, 0.6) is 5.75 Å². The van der Waals surface area contributed by atoms with E-state index in [-0.39, 0.29) is 24.0 Å². The summed E-state index contributed by atoms with van der Waals surface area (Å²) >= 11 is 0.